The van der Waals surface area contributed by atoms with E-state index in [-0.39, 0.29) is 6.09 Å². The molecule has 0 atom stereocenters. The van der Waals surface area contributed by atoms with Gasteiger partial charge in [-0.15, -0.1) is 0 Å². The summed E-state index contributed by atoms with van der Waals surface area (Å²) in [6, 6.07) is 10.2. The molecule has 98 valence electrons. The van der Waals surface area contributed by atoms with Gasteiger partial charge in [-0.2, -0.15) is 0 Å². The van der Waals surface area contributed by atoms with Crippen molar-refractivity contribution in [3.63, 3.8) is 0 Å². The monoisotopic (exact) mass is 249 g/mol. The first-order chi connectivity index (χ1) is 8.86. The van der Waals surface area contributed by atoms with Crippen LogP contribution in [0.15, 0.2) is 30.3 Å². The lowest BCUT2D eigenvalue weighted by Gasteiger charge is -2.25. The zero-order valence-corrected chi connectivity index (χ0v) is 10.5. The third-order valence-corrected chi connectivity index (χ3v) is 2.95. The van der Waals surface area contributed by atoms with E-state index in [4.69, 9.17) is 9.47 Å². The van der Waals surface area contributed by atoms with Crippen LogP contribution in [0.5, 0.6) is 0 Å². The molecule has 4 nitrogen and oxygen atoms in total. The predicted octanol–water partition coefficient (Wildman–Crippen LogP) is 2.09. The highest BCUT2D eigenvalue weighted by atomic mass is 16.6. The van der Waals surface area contributed by atoms with E-state index in [0.29, 0.717) is 32.9 Å². The Labute approximate surface area is 107 Å². The Bertz CT molecular complexity index is 361. The third-order valence-electron chi connectivity index (χ3n) is 2.95. The molecule has 1 heterocycles. The molecule has 0 unspecified atom stereocenters. The average Bonchev–Trinajstić information content (AvgIpc) is 2.45. The van der Waals surface area contributed by atoms with Crippen LogP contribution in [-0.4, -0.2) is 43.9 Å². The maximum atomic E-state index is 11.7. The first-order valence-corrected chi connectivity index (χ1v) is 6.39. The van der Waals surface area contributed by atoms with Crippen LogP contribution in [0.3, 0.4) is 0 Å². The number of benzene rings is 1. The summed E-state index contributed by atoms with van der Waals surface area (Å²) in [4.78, 5) is 13.4. The third kappa shape index (κ3) is 4.04. The van der Waals surface area contributed by atoms with E-state index in [1.807, 2.05) is 18.2 Å². The van der Waals surface area contributed by atoms with Crippen molar-refractivity contribution in [2.24, 2.45) is 0 Å². The van der Waals surface area contributed by atoms with Gasteiger partial charge in [0.1, 0.15) is 0 Å². The standard InChI is InChI=1S/C14H19NO3/c16-14(15-8-11-17-12-9-15)18-10-4-7-13-5-2-1-3-6-13/h1-3,5-6H,4,7-12H2. The molecule has 1 amide bonds. The minimum Gasteiger partial charge on any atom is -0.449 e. The smallest absolute Gasteiger partial charge is 0.409 e. The number of carbonyl (C=O) groups excluding carboxylic acids is 1. The highest BCUT2D eigenvalue weighted by Gasteiger charge is 2.17. The Hall–Kier alpha value is -1.55. The maximum absolute atomic E-state index is 11.7. The van der Waals surface area contributed by atoms with Crippen LogP contribution in [0.1, 0.15) is 12.0 Å². The van der Waals surface area contributed by atoms with Crippen LogP contribution in [-0.2, 0) is 15.9 Å². The minimum atomic E-state index is -0.216. The fourth-order valence-corrected chi connectivity index (χ4v) is 1.92. The molecule has 18 heavy (non-hydrogen) atoms. The number of carbonyl (C=O) groups is 1. The molecule has 2 rings (SSSR count). The Balaban J connectivity index is 1.61. The lowest BCUT2D eigenvalue weighted by molar-refractivity contribution is 0.0269. The molecule has 1 aliphatic heterocycles. The van der Waals surface area contributed by atoms with Crippen molar-refractivity contribution >= 4 is 6.09 Å². The van der Waals surface area contributed by atoms with E-state index >= 15 is 0 Å². The van der Waals surface area contributed by atoms with Crippen molar-refractivity contribution in [3.8, 4) is 0 Å². The number of nitrogens with zero attached hydrogens (tertiary/aromatic N) is 1. The second kappa shape index (κ2) is 7.01. The molecular weight excluding hydrogens is 230 g/mol. The van der Waals surface area contributed by atoms with Gasteiger partial charge in [0.25, 0.3) is 0 Å². The Morgan fingerprint density at radius 3 is 2.67 bits per heavy atom. The zero-order chi connectivity index (χ0) is 12.6. The van der Waals surface area contributed by atoms with Crippen LogP contribution in [0, 0.1) is 0 Å². The van der Waals surface area contributed by atoms with E-state index in [1.54, 1.807) is 4.90 Å². The Kier molecular flexibility index (Phi) is 5.02. The van der Waals surface area contributed by atoms with Crippen molar-refractivity contribution in [1.29, 1.82) is 0 Å². The highest BCUT2D eigenvalue weighted by Crippen LogP contribution is 2.04. The average molecular weight is 249 g/mol. The fourth-order valence-electron chi connectivity index (χ4n) is 1.92. The minimum absolute atomic E-state index is 0.216. The maximum Gasteiger partial charge on any atom is 0.409 e. The predicted molar refractivity (Wildman–Crippen MR) is 68.5 cm³/mol. The van der Waals surface area contributed by atoms with Gasteiger partial charge in [0.15, 0.2) is 0 Å². The molecule has 1 aromatic rings. The Morgan fingerprint density at radius 1 is 1.22 bits per heavy atom. The molecule has 0 N–H and O–H groups in total. The summed E-state index contributed by atoms with van der Waals surface area (Å²) in [5, 5.41) is 0. The quantitative estimate of drug-likeness (QED) is 0.767. The van der Waals surface area contributed by atoms with Gasteiger partial charge in [-0.1, -0.05) is 30.3 Å². The number of hydrogen-bond acceptors (Lipinski definition) is 3. The number of hydrogen-bond donors (Lipinski definition) is 0. The van der Waals surface area contributed by atoms with Gasteiger partial charge in [0, 0.05) is 13.1 Å². The van der Waals surface area contributed by atoms with Gasteiger partial charge in [0.2, 0.25) is 0 Å². The van der Waals surface area contributed by atoms with Crippen molar-refractivity contribution in [3.05, 3.63) is 35.9 Å². The SMILES string of the molecule is O=C(OCCCc1ccccc1)N1CCOCC1. The summed E-state index contributed by atoms with van der Waals surface area (Å²) in [5.41, 5.74) is 1.28. The first-order valence-electron chi connectivity index (χ1n) is 6.39. The molecule has 4 heteroatoms. The van der Waals surface area contributed by atoms with Crippen LogP contribution in [0.4, 0.5) is 4.79 Å². The summed E-state index contributed by atoms with van der Waals surface area (Å²) in [6.45, 7) is 2.97. The van der Waals surface area contributed by atoms with E-state index < -0.39 is 0 Å². The van der Waals surface area contributed by atoms with Gasteiger partial charge in [0.05, 0.1) is 19.8 Å². The molecule has 0 saturated carbocycles. The van der Waals surface area contributed by atoms with Gasteiger partial charge in [-0.25, -0.2) is 4.79 Å². The molecule has 0 radical (unpaired) electrons. The fraction of sp³-hybridized carbons (Fsp3) is 0.500. The first kappa shape index (κ1) is 12.9. The molecule has 0 bridgehead atoms. The van der Waals surface area contributed by atoms with Crippen LogP contribution in [0.2, 0.25) is 0 Å². The van der Waals surface area contributed by atoms with Crippen LogP contribution < -0.4 is 0 Å². The molecule has 1 aromatic carbocycles. The van der Waals surface area contributed by atoms with Crippen molar-refractivity contribution in [1.82, 2.24) is 4.90 Å². The number of ether oxygens (including phenoxy) is 2. The van der Waals surface area contributed by atoms with Gasteiger partial charge >= 0.3 is 6.09 Å². The van der Waals surface area contributed by atoms with Crippen molar-refractivity contribution < 1.29 is 14.3 Å². The summed E-state index contributed by atoms with van der Waals surface area (Å²) in [7, 11) is 0. The van der Waals surface area contributed by atoms with Gasteiger partial charge in [-0.05, 0) is 18.4 Å². The second-order valence-electron chi connectivity index (χ2n) is 4.30. The molecule has 0 aromatic heterocycles. The number of amides is 1. The lowest BCUT2D eigenvalue weighted by Crippen LogP contribution is -2.41. The lowest BCUT2D eigenvalue weighted by atomic mass is 10.1. The molecule has 0 spiro atoms. The van der Waals surface area contributed by atoms with Crippen LogP contribution in [0.25, 0.3) is 0 Å². The summed E-state index contributed by atoms with van der Waals surface area (Å²) in [6.07, 6.45) is 1.59. The summed E-state index contributed by atoms with van der Waals surface area (Å²) >= 11 is 0. The van der Waals surface area contributed by atoms with Crippen molar-refractivity contribution in [2.45, 2.75) is 12.8 Å². The van der Waals surface area contributed by atoms with Gasteiger partial charge < -0.3 is 14.4 Å². The molecule has 1 saturated heterocycles. The number of rotatable bonds is 4. The van der Waals surface area contributed by atoms with E-state index in [1.165, 1.54) is 5.56 Å². The zero-order valence-electron chi connectivity index (χ0n) is 10.5. The van der Waals surface area contributed by atoms with E-state index in [0.717, 1.165) is 12.8 Å². The molecule has 0 aliphatic carbocycles. The molecular formula is C14H19NO3. The summed E-state index contributed by atoms with van der Waals surface area (Å²) in [5.74, 6) is 0. The Morgan fingerprint density at radius 2 is 1.94 bits per heavy atom. The normalized spacial score (nSPS) is 15.4. The second-order valence-corrected chi connectivity index (χ2v) is 4.30. The van der Waals surface area contributed by atoms with Crippen LogP contribution >= 0.6 is 0 Å². The highest BCUT2D eigenvalue weighted by molar-refractivity contribution is 5.67. The number of aryl methyl sites for hydroxylation is 1. The topological polar surface area (TPSA) is 38.8 Å². The van der Waals surface area contributed by atoms with Gasteiger partial charge in [-0.3, -0.25) is 0 Å². The molecule has 1 fully saturated rings. The largest absolute Gasteiger partial charge is 0.449 e. The van der Waals surface area contributed by atoms with E-state index in [9.17, 15) is 4.79 Å². The van der Waals surface area contributed by atoms with E-state index in [2.05, 4.69) is 12.1 Å². The number of morpholine rings is 1. The van der Waals surface area contributed by atoms with Crippen molar-refractivity contribution in [2.75, 3.05) is 32.9 Å². The summed E-state index contributed by atoms with van der Waals surface area (Å²) < 4.78 is 10.4. The molecule has 1 aliphatic rings.